The molecule has 0 aliphatic rings. The van der Waals surface area contributed by atoms with E-state index in [0.717, 1.165) is 11.5 Å². The Morgan fingerprint density at radius 1 is 1.10 bits per heavy atom. The van der Waals surface area contributed by atoms with E-state index in [1.807, 2.05) is 49.4 Å². The van der Waals surface area contributed by atoms with E-state index in [0.29, 0.717) is 22.9 Å². The van der Waals surface area contributed by atoms with Gasteiger partial charge in [-0.3, -0.25) is 14.2 Å². The van der Waals surface area contributed by atoms with Gasteiger partial charge in [-0.25, -0.2) is 15.0 Å². The van der Waals surface area contributed by atoms with Gasteiger partial charge in [-0.1, -0.05) is 37.1 Å². The van der Waals surface area contributed by atoms with Crippen molar-refractivity contribution in [1.29, 1.82) is 0 Å². The molecule has 0 radical (unpaired) electrons. The smallest absolute Gasteiger partial charge is 0.271 e. The van der Waals surface area contributed by atoms with Crippen molar-refractivity contribution in [2.45, 2.75) is 13.3 Å². The average Bonchev–Trinajstić information content (AvgIpc) is 2.79. The van der Waals surface area contributed by atoms with Crippen LogP contribution in [-0.2, 0) is 6.42 Å². The first kappa shape index (κ1) is 21.2. The van der Waals surface area contributed by atoms with Gasteiger partial charge in [-0.05, 0) is 24.3 Å². The molecule has 0 atom stereocenters. The molecule has 2 heterocycles. The van der Waals surface area contributed by atoms with Crippen LogP contribution in [0, 0.1) is 12.3 Å². The number of nitrogens with zero attached hydrogens (tertiary/aromatic N) is 4. The number of aryl methyl sites for hydroxylation is 1. The maximum atomic E-state index is 12.9. The van der Waals surface area contributed by atoms with Crippen LogP contribution in [0.25, 0.3) is 16.6 Å². The maximum Gasteiger partial charge on any atom is 0.271 e. The number of hydrogen-bond donors (Lipinski definition) is 2. The quantitative estimate of drug-likeness (QED) is 0.496. The van der Waals surface area contributed by atoms with E-state index in [4.69, 9.17) is 17.9 Å². The summed E-state index contributed by atoms with van der Waals surface area (Å²) in [6.45, 7) is 1.98. The first-order valence-electron chi connectivity index (χ1n) is 9.40. The zero-order chi connectivity index (χ0) is 22.4. The van der Waals surface area contributed by atoms with Gasteiger partial charge in [-0.2, -0.15) is 0 Å². The predicted octanol–water partition coefficient (Wildman–Crippen LogP) is 2.09. The van der Waals surface area contributed by atoms with Gasteiger partial charge in [0.25, 0.3) is 11.5 Å². The fraction of sp³-hybridized carbons (Fsp3) is 0.0870. The molecule has 2 aromatic carbocycles. The number of nitrogen functional groups attached to an aromatic ring is 1. The van der Waals surface area contributed by atoms with Crippen molar-refractivity contribution in [1.82, 2.24) is 19.5 Å². The number of carbonyl (C=O) groups is 1. The Morgan fingerprint density at radius 2 is 1.81 bits per heavy atom. The summed E-state index contributed by atoms with van der Waals surface area (Å²) >= 11 is 0. The van der Waals surface area contributed by atoms with Gasteiger partial charge in [0.2, 0.25) is 0 Å². The zero-order valence-electron chi connectivity index (χ0n) is 16.8. The van der Waals surface area contributed by atoms with Gasteiger partial charge in [0.15, 0.2) is 11.5 Å². The van der Waals surface area contributed by atoms with Crippen molar-refractivity contribution in [3.8, 4) is 18.0 Å². The number of nitrogens with two attached hydrogens (primary N) is 2. The number of anilines is 1. The Morgan fingerprint density at radius 3 is 2.39 bits per heavy atom. The van der Waals surface area contributed by atoms with Crippen molar-refractivity contribution in [3.63, 3.8) is 0 Å². The number of rotatable bonds is 3. The predicted molar refractivity (Wildman–Crippen MR) is 120 cm³/mol. The van der Waals surface area contributed by atoms with Crippen LogP contribution >= 0.6 is 0 Å². The molecule has 0 bridgehead atoms. The Hall–Kier alpha value is -4.51. The highest BCUT2D eigenvalue weighted by Gasteiger charge is 2.13. The van der Waals surface area contributed by atoms with Crippen molar-refractivity contribution < 1.29 is 4.79 Å². The van der Waals surface area contributed by atoms with E-state index in [9.17, 15) is 9.59 Å². The Bertz CT molecular complexity index is 1340. The number of aromatic nitrogens is 4. The largest absolute Gasteiger partial charge is 0.382 e. The number of carbonyl (C=O) groups excluding carboxylic acids is 1. The molecule has 4 aromatic rings. The summed E-state index contributed by atoms with van der Waals surface area (Å²) in [5.41, 5.74) is 12.1. The highest BCUT2D eigenvalue weighted by molar-refractivity contribution is 5.94. The van der Waals surface area contributed by atoms with Crippen LogP contribution in [0.1, 0.15) is 28.8 Å². The van der Waals surface area contributed by atoms with Crippen LogP contribution in [0.2, 0.25) is 0 Å². The van der Waals surface area contributed by atoms with Gasteiger partial charge < -0.3 is 11.5 Å². The molecule has 1 amide bonds. The summed E-state index contributed by atoms with van der Waals surface area (Å²) in [4.78, 5) is 35.2. The molecule has 0 saturated heterocycles. The molecule has 0 unspecified atom stereocenters. The van der Waals surface area contributed by atoms with Gasteiger partial charge in [0.05, 0.1) is 16.6 Å². The topological polar surface area (TPSA) is 130 Å². The molecule has 31 heavy (non-hydrogen) atoms. The molecule has 0 aliphatic heterocycles. The summed E-state index contributed by atoms with van der Waals surface area (Å²) in [6.07, 6.45) is 8.93. The molecule has 0 fully saturated rings. The van der Waals surface area contributed by atoms with Gasteiger partial charge in [0, 0.05) is 24.4 Å². The standard InChI is InChI=1S/C18H14N2O.C5H6N4O/c1-3-13-9-8-12-15-17(13)18(21)20(16(4-2)19-15)14-10-6-5-7-11-14;6-4-3(5(7)10)8-1-2-9-4/h1,5-12H,4H2,2H3;1-2H,(H2,6,9)(H2,7,10). The van der Waals surface area contributed by atoms with Crippen LogP contribution in [0.3, 0.4) is 0 Å². The first-order valence-corrected chi connectivity index (χ1v) is 9.40. The van der Waals surface area contributed by atoms with Crippen LogP contribution in [0.4, 0.5) is 5.82 Å². The van der Waals surface area contributed by atoms with Crippen molar-refractivity contribution in [2.24, 2.45) is 5.73 Å². The molecular weight excluding hydrogens is 392 g/mol. The second kappa shape index (κ2) is 9.33. The number of benzene rings is 2. The molecule has 8 heteroatoms. The van der Waals surface area contributed by atoms with Gasteiger partial charge >= 0.3 is 0 Å². The van der Waals surface area contributed by atoms with Crippen molar-refractivity contribution in [2.75, 3.05) is 5.73 Å². The number of primary amides is 1. The van der Waals surface area contributed by atoms with E-state index < -0.39 is 5.91 Å². The lowest BCUT2D eigenvalue weighted by Crippen LogP contribution is -2.24. The third kappa shape index (κ3) is 4.41. The Kier molecular flexibility index (Phi) is 6.38. The monoisotopic (exact) mass is 412 g/mol. The summed E-state index contributed by atoms with van der Waals surface area (Å²) in [5.74, 6) is 2.71. The zero-order valence-corrected chi connectivity index (χ0v) is 16.8. The summed E-state index contributed by atoms with van der Waals surface area (Å²) in [7, 11) is 0. The number of terminal acetylenes is 1. The number of para-hydroxylation sites is 1. The number of fused-ring (bicyclic) bond motifs is 1. The minimum atomic E-state index is -0.661. The third-order valence-corrected chi connectivity index (χ3v) is 4.41. The maximum absolute atomic E-state index is 12.9. The molecule has 0 saturated carbocycles. The fourth-order valence-corrected chi connectivity index (χ4v) is 3.02. The van der Waals surface area contributed by atoms with Crippen molar-refractivity contribution >= 4 is 22.6 Å². The minimum Gasteiger partial charge on any atom is -0.382 e. The molecule has 4 rings (SSSR count). The molecule has 0 spiro atoms. The number of amides is 1. The SMILES string of the molecule is C#Cc1cccc2nc(CC)n(-c3ccccc3)c(=O)c12.NC(=O)c1nccnc1N. The summed E-state index contributed by atoms with van der Waals surface area (Å²) in [5, 5.41) is 0.501. The van der Waals surface area contributed by atoms with E-state index in [2.05, 4.69) is 20.9 Å². The number of hydrogen-bond acceptors (Lipinski definition) is 6. The third-order valence-electron chi connectivity index (χ3n) is 4.41. The highest BCUT2D eigenvalue weighted by atomic mass is 16.1. The lowest BCUT2D eigenvalue weighted by molar-refractivity contribution is 0.0996. The summed E-state index contributed by atoms with van der Waals surface area (Å²) in [6, 6.07) is 14.9. The summed E-state index contributed by atoms with van der Waals surface area (Å²) < 4.78 is 1.64. The van der Waals surface area contributed by atoms with Crippen LogP contribution in [-0.4, -0.2) is 25.4 Å². The molecule has 4 N–H and O–H groups in total. The van der Waals surface area contributed by atoms with E-state index >= 15 is 0 Å². The van der Waals surface area contributed by atoms with E-state index in [1.54, 1.807) is 10.6 Å². The normalized spacial score (nSPS) is 10.1. The molecule has 8 nitrogen and oxygen atoms in total. The van der Waals surface area contributed by atoms with Gasteiger partial charge in [0.1, 0.15) is 5.82 Å². The highest BCUT2D eigenvalue weighted by Crippen LogP contribution is 2.16. The molecule has 0 aliphatic carbocycles. The van der Waals surface area contributed by atoms with Crippen LogP contribution < -0.4 is 17.0 Å². The van der Waals surface area contributed by atoms with Crippen LogP contribution in [0.15, 0.2) is 65.7 Å². The second-order valence-corrected chi connectivity index (χ2v) is 6.36. The van der Waals surface area contributed by atoms with E-state index in [-0.39, 0.29) is 17.1 Å². The Labute approximate surface area is 178 Å². The first-order chi connectivity index (χ1) is 15.0. The van der Waals surface area contributed by atoms with Gasteiger partial charge in [-0.15, -0.1) is 6.42 Å². The average molecular weight is 412 g/mol. The van der Waals surface area contributed by atoms with E-state index in [1.165, 1.54) is 12.4 Å². The lowest BCUT2D eigenvalue weighted by Gasteiger charge is -2.13. The molecule has 154 valence electrons. The van der Waals surface area contributed by atoms with Crippen molar-refractivity contribution in [3.05, 3.63) is 88.4 Å². The Balaban J connectivity index is 0.000000229. The second-order valence-electron chi connectivity index (χ2n) is 6.36. The van der Waals surface area contributed by atoms with Crippen LogP contribution in [0.5, 0.6) is 0 Å². The molecule has 2 aromatic heterocycles. The molecular formula is C23H20N6O2. The fourth-order valence-electron chi connectivity index (χ4n) is 3.02. The lowest BCUT2D eigenvalue weighted by atomic mass is 10.1. The minimum absolute atomic E-state index is 0.0162.